The minimum atomic E-state index is -2.99. The van der Waals surface area contributed by atoms with Crippen molar-refractivity contribution in [3.8, 4) is 22.9 Å². The number of nitrogens with zero attached hydrogens (tertiary/aromatic N) is 4. The third-order valence-electron chi connectivity index (χ3n) is 4.25. The Morgan fingerprint density at radius 1 is 0.933 bits per heavy atom. The average Bonchev–Trinajstić information content (AvgIpc) is 3.41. The highest BCUT2D eigenvalue weighted by molar-refractivity contribution is 5.55. The van der Waals surface area contributed by atoms with E-state index in [-0.39, 0.29) is 29.3 Å². The first-order valence-electron chi connectivity index (χ1n) is 8.66. The molecular weight excluding hydrogens is 406 g/mol. The number of benzene rings is 2. The summed E-state index contributed by atoms with van der Waals surface area (Å²) < 4.78 is 63.9. The number of hydrogen-bond donors (Lipinski definition) is 1. The monoisotopic (exact) mass is 419 g/mol. The van der Waals surface area contributed by atoms with Crippen molar-refractivity contribution in [2.24, 2.45) is 5.73 Å². The maximum Gasteiger partial charge on any atom is 0.314 e. The van der Waals surface area contributed by atoms with Crippen LogP contribution in [0.15, 0.2) is 45.3 Å². The van der Waals surface area contributed by atoms with E-state index >= 15 is 0 Å². The van der Waals surface area contributed by atoms with Crippen LogP contribution in [0.1, 0.15) is 29.3 Å². The molecular formula is C19H13F4N5O2. The molecule has 0 fully saturated rings. The molecule has 0 aliphatic carbocycles. The number of rotatable bonds is 6. The molecule has 0 radical (unpaired) electrons. The van der Waals surface area contributed by atoms with E-state index in [9.17, 15) is 17.6 Å². The predicted octanol–water partition coefficient (Wildman–Crippen LogP) is 4.05. The van der Waals surface area contributed by atoms with E-state index in [1.807, 2.05) is 0 Å². The summed E-state index contributed by atoms with van der Waals surface area (Å²) in [4.78, 5) is 4.15. The molecule has 4 aromatic rings. The maximum absolute atomic E-state index is 14.5. The third-order valence-corrected chi connectivity index (χ3v) is 4.25. The van der Waals surface area contributed by atoms with Crippen molar-refractivity contribution in [2.75, 3.05) is 0 Å². The fourth-order valence-electron chi connectivity index (χ4n) is 2.72. The van der Waals surface area contributed by atoms with Crippen LogP contribution in [0.25, 0.3) is 22.9 Å². The molecule has 30 heavy (non-hydrogen) atoms. The van der Waals surface area contributed by atoms with Gasteiger partial charge in [-0.05, 0) is 29.8 Å². The van der Waals surface area contributed by atoms with Crippen LogP contribution in [0.3, 0.4) is 0 Å². The van der Waals surface area contributed by atoms with Crippen molar-refractivity contribution in [1.82, 2.24) is 20.3 Å². The van der Waals surface area contributed by atoms with Crippen LogP contribution in [-0.2, 0) is 13.0 Å². The Morgan fingerprint density at radius 2 is 1.63 bits per heavy atom. The first kappa shape index (κ1) is 19.7. The van der Waals surface area contributed by atoms with Crippen LogP contribution < -0.4 is 5.73 Å². The van der Waals surface area contributed by atoms with Gasteiger partial charge >= 0.3 is 6.43 Å². The Morgan fingerprint density at radius 3 is 2.23 bits per heavy atom. The molecule has 7 nitrogen and oxygen atoms in total. The second kappa shape index (κ2) is 8.03. The smallest absolute Gasteiger partial charge is 0.314 e. The van der Waals surface area contributed by atoms with Gasteiger partial charge < -0.3 is 14.7 Å². The van der Waals surface area contributed by atoms with Crippen molar-refractivity contribution in [3.05, 3.63) is 70.9 Å². The summed E-state index contributed by atoms with van der Waals surface area (Å²) in [6, 6.07) is 8.91. The Hall–Kier alpha value is -3.60. The fourth-order valence-corrected chi connectivity index (χ4v) is 2.72. The summed E-state index contributed by atoms with van der Waals surface area (Å²) in [5.74, 6) is -2.99. The molecule has 154 valence electrons. The van der Waals surface area contributed by atoms with Gasteiger partial charge in [-0.25, -0.2) is 8.78 Å². The number of halogens is 4. The standard InChI is InChI=1S/C19H13F4N5O2/c20-13-5-11(18-26-27-19(29-18)16(22)23)6-14(21)12(13)7-15-25-17(30-28-15)10-3-1-9(8-24)2-4-10/h1-6,16H,7-8,24H2. The summed E-state index contributed by atoms with van der Waals surface area (Å²) in [7, 11) is 0. The van der Waals surface area contributed by atoms with Crippen molar-refractivity contribution >= 4 is 0 Å². The molecule has 2 heterocycles. The number of aromatic nitrogens is 4. The largest absolute Gasteiger partial charge is 0.415 e. The van der Waals surface area contributed by atoms with Crippen LogP contribution in [0.2, 0.25) is 0 Å². The summed E-state index contributed by atoms with van der Waals surface area (Å²) in [5.41, 5.74) is 6.62. The van der Waals surface area contributed by atoms with E-state index in [1.54, 1.807) is 24.3 Å². The van der Waals surface area contributed by atoms with E-state index in [4.69, 9.17) is 14.7 Å². The van der Waals surface area contributed by atoms with Gasteiger partial charge in [-0.15, -0.1) is 10.2 Å². The predicted molar refractivity (Wildman–Crippen MR) is 95.0 cm³/mol. The minimum Gasteiger partial charge on any atom is -0.415 e. The Kier molecular flexibility index (Phi) is 5.27. The molecule has 0 amide bonds. The van der Waals surface area contributed by atoms with Crippen LogP contribution >= 0.6 is 0 Å². The SMILES string of the molecule is NCc1ccc(-c2nc(Cc3c(F)cc(-c4nnc(C(F)F)o4)cc3F)no2)cc1. The lowest BCUT2D eigenvalue weighted by atomic mass is 10.1. The van der Waals surface area contributed by atoms with Crippen molar-refractivity contribution in [2.45, 2.75) is 19.4 Å². The minimum absolute atomic E-state index is 0.0660. The number of nitrogens with two attached hydrogens (primary N) is 1. The van der Waals surface area contributed by atoms with Gasteiger partial charge in [0.25, 0.3) is 11.8 Å². The lowest BCUT2D eigenvalue weighted by Crippen LogP contribution is -2.00. The van der Waals surface area contributed by atoms with Crippen LogP contribution in [-0.4, -0.2) is 20.3 Å². The topological polar surface area (TPSA) is 104 Å². The Balaban J connectivity index is 1.57. The third kappa shape index (κ3) is 3.92. The molecule has 4 rings (SSSR count). The molecule has 0 unspecified atom stereocenters. The molecule has 0 saturated heterocycles. The summed E-state index contributed by atoms with van der Waals surface area (Å²) in [6.45, 7) is 0.386. The normalized spacial score (nSPS) is 11.4. The van der Waals surface area contributed by atoms with Gasteiger partial charge in [0.05, 0.1) is 0 Å². The number of hydrogen-bond acceptors (Lipinski definition) is 7. The zero-order chi connectivity index (χ0) is 21.3. The van der Waals surface area contributed by atoms with Gasteiger partial charge in [-0.3, -0.25) is 0 Å². The molecule has 2 N–H and O–H groups in total. The maximum atomic E-state index is 14.5. The molecule has 0 aliphatic rings. The Labute approximate surface area is 166 Å². The lowest BCUT2D eigenvalue weighted by Gasteiger charge is -2.04. The highest BCUT2D eigenvalue weighted by Gasteiger charge is 2.21. The van der Waals surface area contributed by atoms with Crippen molar-refractivity contribution in [3.63, 3.8) is 0 Å². The fraction of sp³-hybridized carbons (Fsp3) is 0.158. The molecule has 2 aromatic carbocycles. The molecule has 0 bridgehead atoms. The molecule has 0 saturated carbocycles. The molecule has 11 heteroatoms. The van der Waals surface area contributed by atoms with Gasteiger partial charge in [0.2, 0.25) is 5.89 Å². The quantitative estimate of drug-likeness (QED) is 0.470. The molecule has 2 aromatic heterocycles. The highest BCUT2D eigenvalue weighted by atomic mass is 19.3. The zero-order valence-corrected chi connectivity index (χ0v) is 15.2. The molecule has 0 atom stereocenters. The van der Waals surface area contributed by atoms with Crippen molar-refractivity contribution < 1.29 is 26.5 Å². The van der Waals surface area contributed by atoms with E-state index in [0.717, 1.165) is 17.7 Å². The first-order valence-corrected chi connectivity index (χ1v) is 8.66. The van der Waals surface area contributed by atoms with Gasteiger partial charge in [0.15, 0.2) is 5.82 Å². The van der Waals surface area contributed by atoms with E-state index in [1.165, 1.54) is 0 Å². The summed E-state index contributed by atoms with van der Waals surface area (Å²) in [5, 5.41) is 10.3. The second-order valence-electron chi connectivity index (χ2n) is 6.26. The lowest BCUT2D eigenvalue weighted by molar-refractivity contribution is 0.116. The van der Waals surface area contributed by atoms with Gasteiger partial charge in [-0.1, -0.05) is 17.3 Å². The summed E-state index contributed by atoms with van der Waals surface area (Å²) in [6.07, 6.45) is -3.27. The van der Waals surface area contributed by atoms with Gasteiger partial charge in [0, 0.05) is 29.7 Å². The zero-order valence-electron chi connectivity index (χ0n) is 15.2. The Bertz CT molecular complexity index is 1150. The van der Waals surface area contributed by atoms with E-state index in [2.05, 4.69) is 20.3 Å². The van der Waals surface area contributed by atoms with E-state index < -0.39 is 29.8 Å². The van der Waals surface area contributed by atoms with Crippen LogP contribution in [0.5, 0.6) is 0 Å². The molecule has 0 spiro atoms. The molecule has 0 aliphatic heterocycles. The van der Waals surface area contributed by atoms with Crippen LogP contribution in [0.4, 0.5) is 17.6 Å². The van der Waals surface area contributed by atoms with E-state index in [0.29, 0.717) is 12.1 Å². The summed E-state index contributed by atoms with van der Waals surface area (Å²) >= 11 is 0. The highest BCUT2D eigenvalue weighted by Crippen LogP contribution is 2.27. The second-order valence-corrected chi connectivity index (χ2v) is 6.26. The van der Waals surface area contributed by atoms with Gasteiger partial charge in [-0.2, -0.15) is 13.8 Å². The van der Waals surface area contributed by atoms with Crippen molar-refractivity contribution in [1.29, 1.82) is 0 Å². The van der Waals surface area contributed by atoms with Gasteiger partial charge in [0.1, 0.15) is 11.6 Å². The first-order chi connectivity index (χ1) is 14.4. The average molecular weight is 419 g/mol. The number of alkyl halides is 2. The van der Waals surface area contributed by atoms with Crippen LogP contribution in [0, 0.1) is 11.6 Å².